The molecule has 0 fully saturated rings. The van der Waals surface area contributed by atoms with E-state index in [0.29, 0.717) is 30.4 Å². The Morgan fingerprint density at radius 1 is 1.36 bits per heavy atom. The number of isothiocyanates is 1. The maximum atomic E-state index is 5.45. The largest absolute Gasteiger partial charge is 0.486 e. The molecule has 1 aromatic rings. The predicted octanol–water partition coefficient (Wildman–Crippen LogP) is 2.95. The van der Waals surface area contributed by atoms with E-state index >= 15 is 0 Å². The fourth-order valence-corrected chi connectivity index (χ4v) is 1.72. The van der Waals surface area contributed by atoms with E-state index in [9.17, 15) is 0 Å². The van der Waals surface area contributed by atoms with Crippen molar-refractivity contribution in [1.82, 2.24) is 0 Å². The first-order valence-corrected chi connectivity index (χ1v) is 5.19. The van der Waals surface area contributed by atoms with Crippen molar-refractivity contribution in [3.8, 4) is 11.5 Å². The van der Waals surface area contributed by atoms with Crippen LogP contribution in [0.5, 0.6) is 11.5 Å². The minimum absolute atomic E-state index is 0.531. The number of nitrogens with zero attached hydrogens (tertiary/aromatic N) is 1. The molecule has 72 valence electrons. The van der Waals surface area contributed by atoms with Crippen LogP contribution in [-0.4, -0.2) is 18.4 Å². The van der Waals surface area contributed by atoms with Crippen molar-refractivity contribution in [2.75, 3.05) is 13.2 Å². The minimum atomic E-state index is 0.531. The third kappa shape index (κ3) is 1.66. The van der Waals surface area contributed by atoms with Gasteiger partial charge in [-0.2, -0.15) is 4.99 Å². The Kier molecular flexibility index (Phi) is 2.82. The first kappa shape index (κ1) is 9.65. The van der Waals surface area contributed by atoms with Gasteiger partial charge in [-0.1, -0.05) is 0 Å². The maximum Gasteiger partial charge on any atom is 0.189 e. The van der Waals surface area contributed by atoms with E-state index in [0.717, 1.165) is 4.47 Å². The summed E-state index contributed by atoms with van der Waals surface area (Å²) >= 11 is 7.93. The molecule has 0 saturated carbocycles. The summed E-state index contributed by atoms with van der Waals surface area (Å²) in [5.74, 6) is 1.33. The van der Waals surface area contributed by atoms with E-state index in [4.69, 9.17) is 9.47 Å². The average Bonchev–Trinajstić information content (AvgIpc) is 2.23. The normalized spacial score (nSPS) is 13.2. The second kappa shape index (κ2) is 4.09. The van der Waals surface area contributed by atoms with Crippen LogP contribution < -0.4 is 9.47 Å². The molecule has 0 saturated heterocycles. The van der Waals surface area contributed by atoms with Crippen LogP contribution in [0.4, 0.5) is 5.69 Å². The van der Waals surface area contributed by atoms with Crippen molar-refractivity contribution in [3.05, 3.63) is 16.6 Å². The monoisotopic (exact) mass is 271 g/mol. The molecule has 0 N–H and O–H groups in total. The number of benzene rings is 1. The third-order valence-corrected chi connectivity index (χ3v) is 2.52. The zero-order valence-electron chi connectivity index (χ0n) is 7.12. The second-order valence-corrected chi connectivity index (χ2v) is 3.66. The maximum absolute atomic E-state index is 5.45. The number of hydrogen-bond acceptors (Lipinski definition) is 4. The highest BCUT2D eigenvalue weighted by Gasteiger charge is 2.17. The average molecular weight is 272 g/mol. The Morgan fingerprint density at radius 2 is 2.14 bits per heavy atom. The van der Waals surface area contributed by atoms with Gasteiger partial charge >= 0.3 is 0 Å². The molecule has 0 unspecified atom stereocenters. The number of fused-ring (bicyclic) bond motifs is 1. The Labute approximate surface area is 94.9 Å². The summed E-state index contributed by atoms with van der Waals surface area (Å²) in [6.45, 7) is 1.10. The molecular formula is C9H6BrNO2S. The number of halogens is 1. The highest BCUT2D eigenvalue weighted by Crippen LogP contribution is 2.43. The molecule has 0 radical (unpaired) electrons. The molecule has 1 aromatic carbocycles. The molecule has 0 spiro atoms. The number of rotatable bonds is 1. The minimum Gasteiger partial charge on any atom is -0.486 e. The van der Waals surface area contributed by atoms with Crippen molar-refractivity contribution < 1.29 is 9.47 Å². The lowest BCUT2D eigenvalue weighted by Gasteiger charge is -2.19. The molecule has 1 heterocycles. The molecule has 1 aliphatic rings. The summed E-state index contributed by atoms with van der Waals surface area (Å²) in [7, 11) is 0. The lowest BCUT2D eigenvalue weighted by atomic mass is 10.2. The molecule has 2 rings (SSSR count). The number of thiocarbonyl (C=S) groups is 1. The smallest absolute Gasteiger partial charge is 0.189 e. The fourth-order valence-electron chi connectivity index (χ4n) is 1.23. The molecule has 0 aliphatic carbocycles. The van der Waals surface area contributed by atoms with Gasteiger partial charge in [0, 0.05) is 4.47 Å². The standard InChI is InChI=1S/C9H6BrNO2S/c10-6-1-2-7-9(8(6)11-5-14)13-4-3-12-7/h1-2H,3-4H2. The highest BCUT2D eigenvalue weighted by molar-refractivity contribution is 9.10. The lowest BCUT2D eigenvalue weighted by molar-refractivity contribution is 0.172. The molecule has 0 atom stereocenters. The van der Waals surface area contributed by atoms with Crippen molar-refractivity contribution in [1.29, 1.82) is 0 Å². The first-order chi connectivity index (χ1) is 6.83. The Balaban J connectivity index is 2.60. The van der Waals surface area contributed by atoms with E-state index in [1.54, 1.807) is 0 Å². The summed E-state index contributed by atoms with van der Waals surface area (Å²) < 4.78 is 11.7. The van der Waals surface area contributed by atoms with Gasteiger partial charge in [-0.3, -0.25) is 0 Å². The van der Waals surface area contributed by atoms with Gasteiger partial charge in [-0.05, 0) is 40.3 Å². The lowest BCUT2D eigenvalue weighted by Crippen LogP contribution is -2.15. The van der Waals surface area contributed by atoms with Crippen molar-refractivity contribution in [2.45, 2.75) is 0 Å². The van der Waals surface area contributed by atoms with Crippen LogP contribution in [-0.2, 0) is 0 Å². The molecule has 0 bridgehead atoms. The topological polar surface area (TPSA) is 30.8 Å². The SMILES string of the molecule is S=C=Nc1c(Br)ccc2c1OCCO2. The molecule has 1 aliphatic heterocycles. The van der Waals surface area contributed by atoms with Gasteiger partial charge in [-0.15, -0.1) is 0 Å². The molecule has 0 amide bonds. The quantitative estimate of drug-likeness (QED) is 0.581. The second-order valence-electron chi connectivity index (χ2n) is 2.62. The zero-order valence-corrected chi connectivity index (χ0v) is 9.52. The number of hydrogen-bond donors (Lipinski definition) is 0. The van der Waals surface area contributed by atoms with Gasteiger partial charge in [-0.25, -0.2) is 0 Å². The van der Waals surface area contributed by atoms with Crippen LogP contribution in [0.1, 0.15) is 0 Å². The van der Waals surface area contributed by atoms with Crippen LogP contribution in [0.15, 0.2) is 21.6 Å². The molecule has 14 heavy (non-hydrogen) atoms. The van der Waals surface area contributed by atoms with Gasteiger partial charge in [0.25, 0.3) is 0 Å². The third-order valence-electron chi connectivity index (χ3n) is 1.79. The molecule has 5 heteroatoms. The van der Waals surface area contributed by atoms with Gasteiger partial charge in [0.15, 0.2) is 11.5 Å². The fraction of sp³-hybridized carbons (Fsp3) is 0.222. The molecular weight excluding hydrogens is 266 g/mol. The Morgan fingerprint density at radius 3 is 2.93 bits per heavy atom. The van der Waals surface area contributed by atoms with Crippen LogP contribution in [0.3, 0.4) is 0 Å². The van der Waals surface area contributed by atoms with E-state index in [-0.39, 0.29) is 0 Å². The van der Waals surface area contributed by atoms with Crippen LogP contribution in [0, 0.1) is 0 Å². The summed E-state index contributed by atoms with van der Waals surface area (Å²) in [6.07, 6.45) is 0. The van der Waals surface area contributed by atoms with Crippen LogP contribution in [0.2, 0.25) is 0 Å². The Bertz CT molecular complexity index is 416. The van der Waals surface area contributed by atoms with E-state index in [1.807, 2.05) is 12.1 Å². The van der Waals surface area contributed by atoms with Gasteiger partial charge in [0.1, 0.15) is 18.9 Å². The molecule has 0 aromatic heterocycles. The van der Waals surface area contributed by atoms with Crippen molar-refractivity contribution in [2.24, 2.45) is 4.99 Å². The first-order valence-electron chi connectivity index (χ1n) is 3.99. The summed E-state index contributed by atoms with van der Waals surface area (Å²) in [5.41, 5.74) is 0.636. The molecule has 3 nitrogen and oxygen atoms in total. The highest BCUT2D eigenvalue weighted by atomic mass is 79.9. The van der Waals surface area contributed by atoms with Crippen LogP contribution >= 0.6 is 28.1 Å². The predicted molar refractivity (Wildman–Crippen MR) is 59.8 cm³/mol. The van der Waals surface area contributed by atoms with E-state index < -0.39 is 0 Å². The van der Waals surface area contributed by atoms with Gasteiger partial charge in [0.05, 0.1) is 5.16 Å². The van der Waals surface area contributed by atoms with Gasteiger partial charge < -0.3 is 9.47 Å². The Hall–Kier alpha value is -0.900. The summed E-state index contributed by atoms with van der Waals surface area (Å²) in [5, 5.41) is 2.32. The van der Waals surface area contributed by atoms with Crippen LogP contribution in [0.25, 0.3) is 0 Å². The number of ether oxygens (including phenoxy) is 2. The van der Waals surface area contributed by atoms with Gasteiger partial charge in [0.2, 0.25) is 0 Å². The van der Waals surface area contributed by atoms with Crippen molar-refractivity contribution >= 4 is 39.0 Å². The summed E-state index contributed by atoms with van der Waals surface area (Å²) in [4.78, 5) is 3.93. The van der Waals surface area contributed by atoms with E-state index in [2.05, 4.69) is 38.3 Å². The number of aliphatic imine (C=N–C) groups is 1. The summed E-state index contributed by atoms with van der Waals surface area (Å²) in [6, 6.07) is 3.68. The zero-order chi connectivity index (χ0) is 9.97. The van der Waals surface area contributed by atoms with Crippen molar-refractivity contribution in [3.63, 3.8) is 0 Å². The van der Waals surface area contributed by atoms with E-state index in [1.165, 1.54) is 0 Å².